The number of benzene rings is 1. The lowest BCUT2D eigenvalue weighted by atomic mass is 10.2. The van der Waals surface area contributed by atoms with Crippen molar-refractivity contribution in [3.05, 3.63) is 47.8 Å². The fraction of sp³-hybridized carbons (Fsp3) is 0.500. The lowest BCUT2D eigenvalue weighted by Gasteiger charge is -2.26. The third-order valence-electron chi connectivity index (χ3n) is 4.69. The second kappa shape index (κ2) is 10.2. The Morgan fingerprint density at radius 3 is 2.79 bits per heavy atom. The van der Waals surface area contributed by atoms with Gasteiger partial charge < -0.3 is 19.9 Å². The van der Waals surface area contributed by atoms with Gasteiger partial charge in [-0.15, -0.1) is 0 Å². The fourth-order valence-electron chi connectivity index (χ4n) is 3.15. The lowest BCUT2D eigenvalue weighted by Crippen LogP contribution is -2.44. The topological polar surface area (TPSA) is 66.7 Å². The SMILES string of the molecule is CCNC(=NCc1ccc(-n2ccnc2C)c(F)c1)NCCN1CCOCC1. The number of nitrogens with zero attached hydrogens (tertiary/aromatic N) is 4. The number of aryl methyl sites for hydroxylation is 1. The fourth-order valence-corrected chi connectivity index (χ4v) is 3.15. The molecule has 1 saturated heterocycles. The largest absolute Gasteiger partial charge is 0.379 e. The molecule has 1 aromatic heterocycles. The minimum Gasteiger partial charge on any atom is -0.379 e. The van der Waals surface area contributed by atoms with E-state index in [1.165, 1.54) is 6.07 Å². The summed E-state index contributed by atoms with van der Waals surface area (Å²) in [5, 5.41) is 6.58. The molecule has 0 atom stereocenters. The standard InChI is InChI=1S/C20H29FN6O/c1-3-22-20(24-6-8-26-10-12-28-13-11-26)25-15-17-4-5-19(18(21)14-17)27-9-7-23-16(27)2/h4-5,7,9,14H,3,6,8,10-13,15H2,1-2H3,(H2,22,24,25). The molecule has 152 valence electrons. The summed E-state index contributed by atoms with van der Waals surface area (Å²) in [5.74, 6) is 1.22. The quantitative estimate of drug-likeness (QED) is 0.558. The number of aliphatic imine (C=N–C) groups is 1. The zero-order valence-electron chi connectivity index (χ0n) is 16.6. The van der Waals surface area contributed by atoms with Crippen molar-refractivity contribution in [3.63, 3.8) is 0 Å². The summed E-state index contributed by atoms with van der Waals surface area (Å²) in [7, 11) is 0. The first-order valence-corrected chi connectivity index (χ1v) is 9.78. The maximum atomic E-state index is 14.5. The molecule has 0 amide bonds. The smallest absolute Gasteiger partial charge is 0.191 e. The monoisotopic (exact) mass is 388 g/mol. The summed E-state index contributed by atoms with van der Waals surface area (Å²) < 4.78 is 21.6. The highest BCUT2D eigenvalue weighted by Gasteiger charge is 2.10. The molecule has 1 aliphatic heterocycles. The van der Waals surface area contributed by atoms with Gasteiger partial charge in [0.15, 0.2) is 5.96 Å². The Bertz CT molecular complexity index is 785. The van der Waals surface area contributed by atoms with Crippen molar-refractivity contribution in [2.24, 2.45) is 4.99 Å². The van der Waals surface area contributed by atoms with E-state index in [-0.39, 0.29) is 5.82 Å². The number of guanidine groups is 1. The van der Waals surface area contributed by atoms with Crippen LogP contribution in [0.15, 0.2) is 35.6 Å². The summed E-state index contributed by atoms with van der Waals surface area (Å²) in [6.45, 7) is 10.4. The molecule has 1 fully saturated rings. The second-order valence-corrected chi connectivity index (χ2v) is 6.71. The van der Waals surface area contributed by atoms with E-state index in [1.807, 2.05) is 19.9 Å². The molecule has 1 aliphatic rings. The Morgan fingerprint density at radius 1 is 1.29 bits per heavy atom. The Kier molecular flexibility index (Phi) is 7.39. The highest BCUT2D eigenvalue weighted by atomic mass is 19.1. The number of aromatic nitrogens is 2. The van der Waals surface area contributed by atoms with Crippen LogP contribution in [0.5, 0.6) is 0 Å². The van der Waals surface area contributed by atoms with Crippen molar-refractivity contribution < 1.29 is 9.13 Å². The van der Waals surface area contributed by atoms with E-state index in [0.717, 1.165) is 63.3 Å². The predicted octanol–water partition coefficient (Wildman–Crippen LogP) is 1.71. The average Bonchev–Trinajstić information content (AvgIpc) is 3.12. The van der Waals surface area contributed by atoms with E-state index >= 15 is 0 Å². The van der Waals surface area contributed by atoms with Gasteiger partial charge in [0.25, 0.3) is 0 Å². The number of halogens is 1. The molecule has 2 aromatic rings. The molecule has 1 aromatic carbocycles. The number of hydrogen-bond acceptors (Lipinski definition) is 4. The molecule has 7 nitrogen and oxygen atoms in total. The van der Waals surface area contributed by atoms with Gasteiger partial charge in [0.2, 0.25) is 0 Å². The summed E-state index contributed by atoms with van der Waals surface area (Å²) >= 11 is 0. The van der Waals surface area contributed by atoms with Crippen LogP contribution < -0.4 is 10.6 Å². The first kappa shape index (κ1) is 20.3. The van der Waals surface area contributed by atoms with Crippen molar-refractivity contribution in [3.8, 4) is 5.69 Å². The van der Waals surface area contributed by atoms with Crippen molar-refractivity contribution in [1.29, 1.82) is 0 Å². The molecule has 0 unspecified atom stereocenters. The highest BCUT2D eigenvalue weighted by molar-refractivity contribution is 5.79. The van der Waals surface area contributed by atoms with Gasteiger partial charge >= 0.3 is 0 Å². The number of morpholine rings is 1. The van der Waals surface area contributed by atoms with E-state index in [9.17, 15) is 4.39 Å². The molecule has 0 spiro atoms. The Hall–Kier alpha value is -2.45. The van der Waals surface area contributed by atoms with Gasteiger partial charge in [0.05, 0.1) is 25.4 Å². The normalized spacial score (nSPS) is 15.6. The molecule has 2 N–H and O–H groups in total. The van der Waals surface area contributed by atoms with Gasteiger partial charge in [-0.2, -0.15) is 0 Å². The van der Waals surface area contributed by atoms with Crippen molar-refractivity contribution >= 4 is 5.96 Å². The van der Waals surface area contributed by atoms with E-state index in [0.29, 0.717) is 12.2 Å². The number of imidazole rings is 1. The summed E-state index contributed by atoms with van der Waals surface area (Å²) in [6.07, 6.45) is 3.42. The predicted molar refractivity (Wildman–Crippen MR) is 108 cm³/mol. The average molecular weight is 388 g/mol. The highest BCUT2D eigenvalue weighted by Crippen LogP contribution is 2.17. The molecule has 2 heterocycles. The molecule has 0 aliphatic carbocycles. The van der Waals surface area contributed by atoms with Crippen LogP contribution in [-0.2, 0) is 11.3 Å². The molecule has 3 rings (SSSR count). The minimum absolute atomic E-state index is 0.279. The summed E-state index contributed by atoms with van der Waals surface area (Å²) in [4.78, 5) is 11.1. The second-order valence-electron chi connectivity index (χ2n) is 6.71. The molecule has 8 heteroatoms. The molecule has 0 saturated carbocycles. The van der Waals surface area contributed by atoms with Crippen LogP contribution in [0.2, 0.25) is 0 Å². The van der Waals surface area contributed by atoms with Gasteiger partial charge in [-0.05, 0) is 31.5 Å². The molecule has 0 bridgehead atoms. The number of hydrogen-bond donors (Lipinski definition) is 2. The zero-order chi connectivity index (χ0) is 19.8. The van der Waals surface area contributed by atoms with Gasteiger partial charge in [0.1, 0.15) is 11.6 Å². The number of nitrogens with one attached hydrogen (secondary N) is 2. The van der Waals surface area contributed by atoms with Gasteiger partial charge in [-0.1, -0.05) is 6.07 Å². The Labute approximate surface area is 165 Å². The molecular weight excluding hydrogens is 359 g/mol. The zero-order valence-corrected chi connectivity index (χ0v) is 16.6. The number of ether oxygens (including phenoxy) is 1. The first-order valence-electron chi connectivity index (χ1n) is 9.78. The van der Waals surface area contributed by atoms with E-state index in [4.69, 9.17) is 4.74 Å². The van der Waals surface area contributed by atoms with E-state index in [2.05, 4.69) is 25.5 Å². The third kappa shape index (κ3) is 5.53. The molecule has 28 heavy (non-hydrogen) atoms. The van der Waals surface area contributed by atoms with E-state index in [1.54, 1.807) is 23.0 Å². The van der Waals surface area contributed by atoms with Crippen LogP contribution in [0, 0.1) is 12.7 Å². The van der Waals surface area contributed by atoms with Crippen LogP contribution in [0.3, 0.4) is 0 Å². The Balaban J connectivity index is 1.57. The molecular formula is C20H29FN6O. The third-order valence-corrected chi connectivity index (χ3v) is 4.69. The van der Waals surface area contributed by atoms with E-state index < -0.39 is 0 Å². The van der Waals surface area contributed by atoms with Crippen LogP contribution in [-0.4, -0.2) is 66.3 Å². The molecule has 0 radical (unpaired) electrons. The summed E-state index contributed by atoms with van der Waals surface area (Å²) in [6, 6.07) is 5.21. The van der Waals surface area contributed by atoms with Gasteiger partial charge in [-0.3, -0.25) is 4.90 Å². The summed E-state index contributed by atoms with van der Waals surface area (Å²) in [5.41, 5.74) is 1.32. The van der Waals surface area contributed by atoms with Crippen molar-refractivity contribution in [2.75, 3.05) is 45.9 Å². The Morgan fingerprint density at radius 2 is 2.11 bits per heavy atom. The van der Waals surface area contributed by atoms with Crippen molar-refractivity contribution in [1.82, 2.24) is 25.1 Å². The number of rotatable bonds is 7. The lowest BCUT2D eigenvalue weighted by molar-refractivity contribution is 0.0389. The van der Waals surface area contributed by atoms with Gasteiger partial charge in [0, 0.05) is 45.1 Å². The van der Waals surface area contributed by atoms with Crippen LogP contribution in [0.25, 0.3) is 5.69 Å². The van der Waals surface area contributed by atoms with Crippen LogP contribution >= 0.6 is 0 Å². The van der Waals surface area contributed by atoms with Crippen LogP contribution in [0.4, 0.5) is 4.39 Å². The maximum Gasteiger partial charge on any atom is 0.191 e. The minimum atomic E-state index is -0.279. The van der Waals surface area contributed by atoms with Crippen LogP contribution in [0.1, 0.15) is 18.3 Å². The maximum absolute atomic E-state index is 14.5. The first-order chi connectivity index (χ1) is 13.7. The van der Waals surface area contributed by atoms with Gasteiger partial charge in [-0.25, -0.2) is 14.4 Å². The van der Waals surface area contributed by atoms with Crippen molar-refractivity contribution in [2.45, 2.75) is 20.4 Å².